The van der Waals surface area contributed by atoms with Gasteiger partial charge < -0.3 is 15.0 Å². The number of aryl methyl sites for hydroxylation is 1. The molecular weight excluding hydrogens is 294 g/mol. The Kier molecular flexibility index (Phi) is 6.56. The first-order valence-electron chi connectivity index (χ1n) is 8.28. The number of methoxy groups -OCH3 is 1. The predicted octanol–water partition coefficient (Wildman–Crippen LogP) is 0.250. The molecule has 7 nitrogen and oxygen atoms in total. The molecule has 1 aliphatic rings. The van der Waals surface area contributed by atoms with Gasteiger partial charge in [0.25, 0.3) is 0 Å². The molecule has 1 N–H and O–H groups in total. The molecule has 0 spiro atoms. The highest BCUT2D eigenvalue weighted by molar-refractivity contribution is 5.83. The van der Waals surface area contributed by atoms with Crippen molar-refractivity contribution in [3.8, 4) is 0 Å². The van der Waals surface area contributed by atoms with E-state index in [1.54, 1.807) is 18.0 Å². The molecule has 1 saturated heterocycles. The lowest BCUT2D eigenvalue weighted by Crippen LogP contribution is -2.56. The highest BCUT2D eigenvalue weighted by atomic mass is 16.5. The van der Waals surface area contributed by atoms with Crippen molar-refractivity contribution in [3.63, 3.8) is 0 Å². The summed E-state index contributed by atoms with van der Waals surface area (Å²) < 4.78 is 6.91. The van der Waals surface area contributed by atoms with Crippen molar-refractivity contribution in [1.82, 2.24) is 24.9 Å². The Hall–Kier alpha value is -1.44. The maximum absolute atomic E-state index is 12.9. The zero-order chi connectivity index (χ0) is 16.8. The summed E-state index contributed by atoms with van der Waals surface area (Å²) in [6.45, 7) is 6.27. The number of amides is 1. The Bertz CT molecular complexity index is 504. The molecule has 1 fully saturated rings. The molecule has 0 aliphatic carbocycles. The van der Waals surface area contributed by atoms with Gasteiger partial charge in [0.15, 0.2) is 0 Å². The second-order valence-electron chi connectivity index (χ2n) is 6.04. The number of nitrogens with zero attached hydrogens (tertiary/aromatic N) is 4. The van der Waals surface area contributed by atoms with Crippen molar-refractivity contribution >= 4 is 5.91 Å². The fourth-order valence-corrected chi connectivity index (χ4v) is 3.19. The minimum absolute atomic E-state index is 0.130. The van der Waals surface area contributed by atoms with Crippen LogP contribution in [0.5, 0.6) is 0 Å². The number of carbonyl (C=O) groups is 1. The van der Waals surface area contributed by atoms with Gasteiger partial charge in [0.1, 0.15) is 6.04 Å². The van der Waals surface area contributed by atoms with Crippen LogP contribution in [0.1, 0.15) is 24.9 Å². The van der Waals surface area contributed by atoms with Gasteiger partial charge in [0.05, 0.1) is 12.8 Å². The van der Waals surface area contributed by atoms with E-state index >= 15 is 0 Å². The smallest absolute Gasteiger partial charge is 0.244 e. The largest absolute Gasteiger partial charge is 0.383 e. The number of hydrogen-bond donors (Lipinski definition) is 1. The lowest BCUT2D eigenvalue weighted by atomic mass is 10.1. The number of nitrogens with one attached hydrogen (secondary N) is 1. The Labute approximate surface area is 138 Å². The molecule has 0 saturated carbocycles. The molecule has 1 aliphatic heterocycles. The van der Waals surface area contributed by atoms with Crippen LogP contribution in [-0.2, 0) is 16.6 Å². The molecular formula is C16H29N5O2. The third kappa shape index (κ3) is 4.31. The number of hydrogen-bond acceptors (Lipinski definition) is 5. The van der Waals surface area contributed by atoms with Crippen molar-refractivity contribution in [2.24, 2.45) is 7.05 Å². The van der Waals surface area contributed by atoms with Gasteiger partial charge in [-0.25, -0.2) is 0 Å². The van der Waals surface area contributed by atoms with Gasteiger partial charge in [-0.15, -0.1) is 0 Å². The Balaban J connectivity index is 2.02. The lowest BCUT2D eigenvalue weighted by molar-refractivity contribution is -0.136. The topological polar surface area (TPSA) is 62.6 Å². The molecule has 23 heavy (non-hydrogen) atoms. The first kappa shape index (κ1) is 17.9. The second-order valence-corrected chi connectivity index (χ2v) is 6.04. The molecule has 0 aromatic carbocycles. The summed E-state index contributed by atoms with van der Waals surface area (Å²) in [7, 11) is 5.41. The third-order valence-electron chi connectivity index (χ3n) is 4.56. The van der Waals surface area contributed by atoms with Crippen LogP contribution in [0.2, 0.25) is 0 Å². The van der Waals surface area contributed by atoms with Gasteiger partial charge in [-0.2, -0.15) is 5.10 Å². The summed E-state index contributed by atoms with van der Waals surface area (Å²) in [5.41, 5.74) is 0.912. The van der Waals surface area contributed by atoms with Crippen molar-refractivity contribution in [1.29, 1.82) is 0 Å². The molecule has 0 bridgehead atoms. The van der Waals surface area contributed by atoms with Crippen molar-refractivity contribution < 1.29 is 9.53 Å². The molecule has 130 valence electrons. The fraction of sp³-hybridized carbons (Fsp3) is 0.750. The van der Waals surface area contributed by atoms with Crippen LogP contribution in [-0.4, -0.2) is 78.5 Å². The van der Waals surface area contributed by atoms with Gasteiger partial charge in [-0.1, -0.05) is 6.92 Å². The van der Waals surface area contributed by atoms with E-state index in [1.165, 1.54) is 0 Å². The van der Waals surface area contributed by atoms with Gasteiger partial charge in [0.2, 0.25) is 5.91 Å². The van der Waals surface area contributed by atoms with Gasteiger partial charge >= 0.3 is 0 Å². The van der Waals surface area contributed by atoms with Crippen LogP contribution in [0.4, 0.5) is 0 Å². The lowest BCUT2D eigenvalue weighted by Gasteiger charge is -2.42. The van der Waals surface area contributed by atoms with E-state index in [0.717, 1.165) is 44.8 Å². The summed E-state index contributed by atoms with van der Waals surface area (Å²) in [6.07, 6.45) is 4.68. The van der Waals surface area contributed by atoms with Crippen LogP contribution >= 0.6 is 0 Å². The van der Waals surface area contributed by atoms with E-state index in [2.05, 4.69) is 22.2 Å². The normalized spacial score (nSPS) is 20.7. The SMILES string of the molecule is CCC1CN(C(=O)C(NC)c2cnn(C)c2)CCN1CCOC. The number of likely N-dealkylation sites (N-methyl/N-ethyl adjacent to an activating group) is 1. The van der Waals surface area contributed by atoms with Crippen LogP contribution in [0.25, 0.3) is 0 Å². The van der Waals surface area contributed by atoms with Crippen molar-refractivity contribution in [3.05, 3.63) is 18.0 Å². The van der Waals surface area contributed by atoms with E-state index in [4.69, 9.17) is 4.74 Å². The summed E-state index contributed by atoms with van der Waals surface area (Å²) >= 11 is 0. The predicted molar refractivity (Wildman–Crippen MR) is 89.1 cm³/mol. The molecule has 2 heterocycles. The van der Waals surface area contributed by atoms with E-state index in [-0.39, 0.29) is 11.9 Å². The van der Waals surface area contributed by atoms with Crippen LogP contribution < -0.4 is 5.32 Å². The molecule has 1 aromatic heterocycles. The highest BCUT2D eigenvalue weighted by Crippen LogP contribution is 2.19. The average Bonchev–Trinajstić information content (AvgIpc) is 2.99. The number of carbonyl (C=O) groups excluding carboxylic acids is 1. The zero-order valence-corrected chi connectivity index (χ0v) is 14.7. The fourth-order valence-electron chi connectivity index (χ4n) is 3.19. The van der Waals surface area contributed by atoms with Gasteiger partial charge in [0, 0.05) is 58.1 Å². The minimum atomic E-state index is -0.327. The Morgan fingerprint density at radius 3 is 2.87 bits per heavy atom. The van der Waals surface area contributed by atoms with E-state index < -0.39 is 0 Å². The molecule has 1 amide bonds. The molecule has 2 rings (SSSR count). The second kappa shape index (κ2) is 8.42. The first-order valence-corrected chi connectivity index (χ1v) is 8.28. The van der Waals surface area contributed by atoms with Crippen molar-refractivity contribution in [2.75, 3.05) is 46.9 Å². The molecule has 1 aromatic rings. The van der Waals surface area contributed by atoms with Crippen LogP contribution in [0, 0.1) is 0 Å². The maximum Gasteiger partial charge on any atom is 0.244 e. The highest BCUT2D eigenvalue weighted by Gasteiger charge is 2.32. The summed E-state index contributed by atoms with van der Waals surface area (Å²) in [5.74, 6) is 0.130. The zero-order valence-electron chi connectivity index (χ0n) is 14.7. The summed E-state index contributed by atoms with van der Waals surface area (Å²) in [4.78, 5) is 17.3. The Morgan fingerprint density at radius 1 is 1.52 bits per heavy atom. The van der Waals surface area contributed by atoms with E-state index in [0.29, 0.717) is 6.04 Å². The van der Waals surface area contributed by atoms with Crippen molar-refractivity contribution in [2.45, 2.75) is 25.4 Å². The van der Waals surface area contributed by atoms with Gasteiger partial charge in [-0.3, -0.25) is 14.4 Å². The first-order chi connectivity index (χ1) is 11.1. The van der Waals surface area contributed by atoms with Crippen LogP contribution in [0.3, 0.4) is 0 Å². The monoisotopic (exact) mass is 323 g/mol. The number of ether oxygens (including phenoxy) is 1. The Morgan fingerprint density at radius 2 is 2.30 bits per heavy atom. The molecule has 7 heteroatoms. The molecule has 2 atom stereocenters. The van der Waals surface area contributed by atoms with Crippen LogP contribution in [0.15, 0.2) is 12.4 Å². The molecule has 0 radical (unpaired) electrons. The third-order valence-corrected chi connectivity index (χ3v) is 4.56. The average molecular weight is 323 g/mol. The molecule has 2 unspecified atom stereocenters. The summed E-state index contributed by atoms with van der Waals surface area (Å²) in [6, 6.07) is 0.0704. The van der Waals surface area contributed by atoms with E-state index in [1.807, 2.05) is 25.2 Å². The number of rotatable bonds is 7. The standard InChI is InChI=1S/C16H29N5O2/c1-5-14-12-21(7-6-20(14)8-9-23-4)16(22)15(17-2)13-10-18-19(3)11-13/h10-11,14-15,17H,5-9,12H2,1-4H3. The number of piperazine rings is 1. The summed E-state index contributed by atoms with van der Waals surface area (Å²) in [5, 5.41) is 7.30. The van der Waals surface area contributed by atoms with Gasteiger partial charge in [-0.05, 0) is 13.5 Å². The number of aromatic nitrogens is 2. The maximum atomic E-state index is 12.9. The minimum Gasteiger partial charge on any atom is -0.383 e. The van der Waals surface area contributed by atoms with E-state index in [9.17, 15) is 4.79 Å². The quantitative estimate of drug-likeness (QED) is 0.779.